The maximum Gasteiger partial charge on any atom is 0.100 e. The summed E-state index contributed by atoms with van der Waals surface area (Å²) in [6.45, 7) is 5.89. The molecule has 0 aliphatic carbocycles. The van der Waals surface area contributed by atoms with Crippen LogP contribution >= 0.6 is 0 Å². The van der Waals surface area contributed by atoms with Crippen molar-refractivity contribution in [2.75, 3.05) is 7.05 Å². The Morgan fingerprint density at radius 1 is 1.50 bits per heavy atom. The third-order valence-corrected chi connectivity index (χ3v) is 0.954. The summed E-state index contributed by atoms with van der Waals surface area (Å²) in [6, 6.07) is 0. The minimum atomic E-state index is 0.472. The highest BCUT2D eigenvalue weighted by Gasteiger charge is 1.93. The lowest BCUT2D eigenvalue weighted by molar-refractivity contribution is 0.739. The Kier molecular flexibility index (Phi) is 9.67. The molecule has 0 amide bonds. The predicted octanol–water partition coefficient (Wildman–Crippen LogP) is 1.94. The first kappa shape index (κ1) is 11.9. The summed E-state index contributed by atoms with van der Waals surface area (Å²) in [4.78, 5) is 1.47. The first-order valence-electron chi connectivity index (χ1n) is 3.53. The highest BCUT2D eigenvalue weighted by Crippen LogP contribution is 1.83. The molecule has 0 bridgehead atoms. The summed E-state index contributed by atoms with van der Waals surface area (Å²) >= 11 is 0. The van der Waals surface area contributed by atoms with Gasteiger partial charge in [-0.15, -0.1) is 0 Å². The summed E-state index contributed by atoms with van der Waals surface area (Å²) in [6.07, 6.45) is 1.82. The SMILES string of the molecule is CC.CCC(=N)N(C)C=N. The second-order valence-electron chi connectivity index (χ2n) is 1.54. The lowest BCUT2D eigenvalue weighted by Crippen LogP contribution is -2.22. The van der Waals surface area contributed by atoms with Gasteiger partial charge >= 0.3 is 0 Å². The van der Waals surface area contributed by atoms with E-state index in [0.717, 1.165) is 6.34 Å². The lowest BCUT2D eigenvalue weighted by Gasteiger charge is -2.09. The van der Waals surface area contributed by atoms with Crippen LogP contribution in [0.25, 0.3) is 0 Å². The van der Waals surface area contributed by atoms with Crippen LogP contribution in [0.15, 0.2) is 0 Å². The van der Waals surface area contributed by atoms with Crippen molar-refractivity contribution >= 4 is 12.2 Å². The van der Waals surface area contributed by atoms with Crippen molar-refractivity contribution in [1.82, 2.24) is 4.90 Å². The van der Waals surface area contributed by atoms with Crippen LogP contribution in [0.2, 0.25) is 0 Å². The second-order valence-corrected chi connectivity index (χ2v) is 1.54. The fourth-order valence-corrected chi connectivity index (χ4v) is 0.327. The zero-order chi connectivity index (χ0) is 8.57. The van der Waals surface area contributed by atoms with Crippen molar-refractivity contribution in [2.24, 2.45) is 0 Å². The summed E-state index contributed by atoms with van der Waals surface area (Å²) < 4.78 is 0. The minimum absolute atomic E-state index is 0.472. The Balaban J connectivity index is 0. The van der Waals surface area contributed by atoms with Gasteiger partial charge in [0.2, 0.25) is 0 Å². The van der Waals surface area contributed by atoms with E-state index in [4.69, 9.17) is 10.8 Å². The van der Waals surface area contributed by atoms with Gasteiger partial charge in [0.25, 0.3) is 0 Å². The molecule has 2 N–H and O–H groups in total. The fraction of sp³-hybridized carbons (Fsp3) is 0.714. The van der Waals surface area contributed by atoms with Crippen molar-refractivity contribution < 1.29 is 0 Å². The molecule has 0 fully saturated rings. The van der Waals surface area contributed by atoms with E-state index in [9.17, 15) is 0 Å². The van der Waals surface area contributed by atoms with Crippen molar-refractivity contribution in [3.8, 4) is 0 Å². The zero-order valence-electron chi connectivity index (χ0n) is 7.23. The quantitative estimate of drug-likeness (QED) is 0.450. The molecule has 0 aromatic rings. The molecule has 3 nitrogen and oxygen atoms in total. The van der Waals surface area contributed by atoms with Crippen molar-refractivity contribution in [1.29, 1.82) is 10.8 Å². The molecule has 3 heteroatoms. The van der Waals surface area contributed by atoms with Crippen LogP contribution in [0.4, 0.5) is 0 Å². The van der Waals surface area contributed by atoms with E-state index in [-0.39, 0.29) is 0 Å². The molecule has 10 heavy (non-hydrogen) atoms. The molecule has 0 heterocycles. The molecule has 0 radical (unpaired) electrons. The van der Waals surface area contributed by atoms with Crippen LogP contribution in [-0.2, 0) is 0 Å². The highest BCUT2D eigenvalue weighted by atomic mass is 15.1. The van der Waals surface area contributed by atoms with Gasteiger partial charge in [0.15, 0.2) is 0 Å². The van der Waals surface area contributed by atoms with Crippen LogP contribution in [0.3, 0.4) is 0 Å². The second kappa shape index (κ2) is 8.14. The Morgan fingerprint density at radius 2 is 1.90 bits per heavy atom. The molecule has 60 valence electrons. The highest BCUT2D eigenvalue weighted by molar-refractivity contribution is 5.88. The van der Waals surface area contributed by atoms with E-state index in [1.807, 2.05) is 20.8 Å². The first-order chi connectivity index (χ1) is 4.72. The summed E-state index contributed by atoms with van der Waals surface area (Å²) in [5.41, 5.74) is 0. The van der Waals surface area contributed by atoms with Crippen LogP contribution in [-0.4, -0.2) is 24.1 Å². The Labute approximate surface area is 63.1 Å². The van der Waals surface area contributed by atoms with E-state index >= 15 is 0 Å². The van der Waals surface area contributed by atoms with Crippen molar-refractivity contribution in [3.05, 3.63) is 0 Å². The molecular weight excluding hydrogens is 126 g/mol. The number of hydrogen-bond donors (Lipinski definition) is 2. The molecule has 0 aliphatic heterocycles. The molecule has 0 aliphatic rings. The molecule has 0 aromatic heterocycles. The number of nitrogens with one attached hydrogen (secondary N) is 2. The molecule has 0 spiro atoms. The largest absolute Gasteiger partial charge is 0.325 e. The van der Waals surface area contributed by atoms with Crippen LogP contribution in [0.5, 0.6) is 0 Å². The van der Waals surface area contributed by atoms with Crippen LogP contribution in [0.1, 0.15) is 27.2 Å². The molecule has 0 rings (SSSR count). The molecule has 0 unspecified atom stereocenters. The molecular formula is C7H17N3. The fourth-order valence-electron chi connectivity index (χ4n) is 0.327. The third kappa shape index (κ3) is 5.28. The van der Waals surface area contributed by atoms with E-state index in [1.165, 1.54) is 4.90 Å². The number of amidine groups is 1. The van der Waals surface area contributed by atoms with Gasteiger partial charge in [-0.3, -0.25) is 10.8 Å². The predicted molar refractivity (Wildman–Crippen MR) is 45.9 cm³/mol. The number of nitrogens with zero attached hydrogens (tertiary/aromatic N) is 1. The standard InChI is InChI=1S/C5H11N3.C2H6/c1-3-5(7)8(2)4-6;1-2/h4,6-7H,3H2,1-2H3;1-2H3. The summed E-state index contributed by atoms with van der Waals surface area (Å²) in [7, 11) is 1.69. The van der Waals surface area contributed by atoms with Crippen molar-refractivity contribution in [2.45, 2.75) is 27.2 Å². The third-order valence-electron chi connectivity index (χ3n) is 0.954. The number of hydrogen-bond acceptors (Lipinski definition) is 2. The van der Waals surface area contributed by atoms with E-state index in [1.54, 1.807) is 7.05 Å². The zero-order valence-corrected chi connectivity index (χ0v) is 7.23. The van der Waals surface area contributed by atoms with Gasteiger partial charge in [0, 0.05) is 13.5 Å². The monoisotopic (exact) mass is 143 g/mol. The van der Waals surface area contributed by atoms with Crippen LogP contribution in [0, 0.1) is 10.8 Å². The van der Waals surface area contributed by atoms with Gasteiger partial charge < -0.3 is 4.90 Å². The first-order valence-corrected chi connectivity index (χ1v) is 3.53. The lowest BCUT2D eigenvalue weighted by atomic mass is 10.4. The van der Waals surface area contributed by atoms with Gasteiger partial charge in [-0.05, 0) is 0 Å². The maximum atomic E-state index is 7.12. The van der Waals surface area contributed by atoms with E-state index < -0.39 is 0 Å². The smallest absolute Gasteiger partial charge is 0.100 e. The topological polar surface area (TPSA) is 50.9 Å². The molecule has 0 aromatic carbocycles. The molecule has 0 saturated carbocycles. The van der Waals surface area contributed by atoms with E-state index in [0.29, 0.717) is 12.3 Å². The van der Waals surface area contributed by atoms with Crippen molar-refractivity contribution in [3.63, 3.8) is 0 Å². The Bertz CT molecular complexity index is 99.0. The number of rotatable bonds is 2. The van der Waals surface area contributed by atoms with Crippen LogP contribution < -0.4 is 0 Å². The Hall–Kier alpha value is -0.860. The average molecular weight is 143 g/mol. The average Bonchev–Trinajstić information content (AvgIpc) is 2.05. The Morgan fingerprint density at radius 3 is 2.00 bits per heavy atom. The summed E-state index contributed by atoms with van der Waals surface area (Å²) in [5, 5.41) is 13.8. The van der Waals surface area contributed by atoms with Gasteiger partial charge in [-0.25, -0.2) is 0 Å². The normalized spacial score (nSPS) is 7.20. The van der Waals surface area contributed by atoms with Gasteiger partial charge in [0.1, 0.15) is 5.84 Å². The van der Waals surface area contributed by atoms with Gasteiger partial charge in [-0.2, -0.15) is 0 Å². The molecule has 0 atom stereocenters. The summed E-state index contributed by atoms with van der Waals surface area (Å²) in [5.74, 6) is 0.472. The van der Waals surface area contributed by atoms with Gasteiger partial charge in [0.05, 0.1) is 6.34 Å². The van der Waals surface area contributed by atoms with Gasteiger partial charge in [-0.1, -0.05) is 20.8 Å². The molecule has 0 saturated heterocycles. The minimum Gasteiger partial charge on any atom is -0.325 e. The van der Waals surface area contributed by atoms with E-state index in [2.05, 4.69) is 0 Å². The maximum absolute atomic E-state index is 7.12.